The maximum Gasteiger partial charge on any atom is 0.227 e. The van der Waals surface area contributed by atoms with E-state index in [1.165, 1.54) is 5.56 Å². The number of Topliss-reactive ketones (excluding diaryl/α,β-unsaturated/α-hetero) is 1. The molecule has 5 rings (SSSR count). The predicted molar refractivity (Wildman–Crippen MR) is 124 cm³/mol. The summed E-state index contributed by atoms with van der Waals surface area (Å²) in [5, 5.41) is 9.54. The fourth-order valence-corrected chi connectivity index (χ4v) is 5.34. The predicted octanol–water partition coefficient (Wildman–Crippen LogP) is 5.88. The van der Waals surface area contributed by atoms with Crippen molar-refractivity contribution in [2.24, 2.45) is 5.41 Å². The second-order valence-corrected chi connectivity index (χ2v) is 10.2. The highest BCUT2D eigenvalue weighted by Crippen LogP contribution is 2.45. The molecule has 5 nitrogen and oxygen atoms in total. The Morgan fingerprint density at radius 2 is 1.97 bits per heavy atom. The Hall–Kier alpha value is -2.57. The second-order valence-electron chi connectivity index (χ2n) is 8.85. The van der Waals surface area contributed by atoms with Crippen LogP contribution in [0.4, 0.5) is 5.95 Å². The largest absolute Gasteiger partial charge is 0.328 e. The van der Waals surface area contributed by atoms with E-state index >= 15 is 0 Å². The van der Waals surface area contributed by atoms with Crippen LogP contribution in [0.15, 0.2) is 71.0 Å². The molecule has 31 heavy (non-hydrogen) atoms. The van der Waals surface area contributed by atoms with Crippen molar-refractivity contribution in [3.63, 3.8) is 0 Å². The highest BCUT2D eigenvalue weighted by atomic mass is 35.5. The van der Waals surface area contributed by atoms with E-state index in [0.717, 1.165) is 29.0 Å². The fraction of sp³-hybridized carbons (Fsp3) is 0.292. The van der Waals surface area contributed by atoms with E-state index in [9.17, 15) is 4.79 Å². The van der Waals surface area contributed by atoms with Gasteiger partial charge in [0.05, 0.1) is 0 Å². The summed E-state index contributed by atoms with van der Waals surface area (Å²) in [4.78, 5) is 18.0. The lowest BCUT2D eigenvalue weighted by Crippen LogP contribution is -2.36. The molecule has 1 aromatic heterocycles. The zero-order chi connectivity index (χ0) is 21.6. The van der Waals surface area contributed by atoms with E-state index in [1.54, 1.807) is 11.8 Å². The van der Waals surface area contributed by atoms with Gasteiger partial charge in [-0.15, -0.1) is 5.10 Å². The quantitative estimate of drug-likeness (QED) is 0.503. The van der Waals surface area contributed by atoms with Gasteiger partial charge in [-0.3, -0.25) is 4.79 Å². The monoisotopic (exact) mass is 450 g/mol. The molecule has 0 unspecified atom stereocenters. The Kier molecular flexibility index (Phi) is 5.15. The fourth-order valence-electron chi connectivity index (χ4n) is 4.36. The van der Waals surface area contributed by atoms with Crippen molar-refractivity contribution in [3.8, 4) is 0 Å². The van der Waals surface area contributed by atoms with Gasteiger partial charge in [-0.25, -0.2) is 4.68 Å². The van der Waals surface area contributed by atoms with Crippen LogP contribution in [0.5, 0.6) is 0 Å². The maximum atomic E-state index is 13.2. The highest BCUT2D eigenvalue weighted by molar-refractivity contribution is 7.98. The summed E-state index contributed by atoms with van der Waals surface area (Å²) in [6, 6.07) is 17.6. The minimum atomic E-state index is -0.327. The standard InChI is InChI=1S/C24H23ClN4OS/c1-24(2)12-18-20(19(30)13-24)21(16-9-6-10-17(25)11-16)29-22(26-18)27-23(28-29)31-14-15-7-4-3-5-8-15/h3-11,21H,12-14H2,1-2H3,(H,26,27,28)/t21-/m0/s1. The first-order chi connectivity index (χ1) is 14.9. The lowest BCUT2D eigenvalue weighted by molar-refractivity contribution is -0.118. The number of benzene rings is 2. The molecule has 1 N–H and O–H groups in total. The number of aromatic nitrogens is 3. The molecule has 7 heteroatoms. The topological polar surface area (TPSA) is 59.8 Å². The van der Waals surface area contributed by atoms with Crippen LogP contribution in [0.2, 0.25) is 5.02 Å². The third kappa shape index (κ3) is 4.02. The van der Waals surface area contributed by atoms with Crippen molar-refractivity contribution in [3.05, 3.63) is 82.0 Å². The Morgan fingerprint density at radius 3 is 2.74 bits per heavy atom. The van der Waals surface area contributed by atoms with Crippen LogP contribution in [0.1, 0.15) is 43.9 Å². The molecule has 0 bridgehead atoms. The Labute approximate surface area is 190 Å². The number of rotatable bonds is 4. The third-order valence-electron chi connectivity index (χ3n) is 5.69. The number of anilines is 1. The number of allylic oxidation sites excluding steroid dienone is 2. The summed E-state index contributed by atoms with van der Waals surface area (Å²) in [7, 11) is 0. The number of fused-ring (bicyclic) bond motifs is 1. The molecule has 2 aromatic carbocycles. The smallest absolute Gasteiger partial charge is 0.227 e. The molecule has 0 saturated carbocycles. The van der Waals surface area contributed by atoms with Crippen LogP contribution >= 0.6 is 23.4 Å². The van der Waals surface area contributed by atoms with Crippen LogP contribution in [-0.4, -0.2) is 20.5 Å². The van der Waals surface area contributed by atoms with E-state index < -0.39 is 0 Å². The van der Waals surface area contributed by atoms with Crippen molar-refractivity contribution < 1.29 is 4.79 Å². The molecule has 1 aliphatic carbocycles. The van der Waals surface area contributed by atoms with Crippen molar-refractivity contribution in [1.29, 1.82) is 0 Å². The van der Waals surface area contributed by atoms with Crippen LogP contribution in [0.25, 0.3) is 0 Å². The molecule has 0 spiro atoms. The molecule has 1 atom stereocenters. The minimum Gasteiger partial charge on any atom is -0.328 e. The summed E-state index contributed by atoms with van der Waals surface area (Å²) in [5.74, 6) is 1.61. The van der Waals surface area contributed by atoms with Crippen LogP contribution in [0, 0.1) is 5.41 Å². The molecule has 0 saturated heterocycles. The summed E-state index contributed by atoms with van der Waals surface area (Å²) in [5.41, 5.74) is 3.80. The zero-order valence-electron chi connectivity index (χ0n) is 17.4. The van der Waals surface area contributed by atoms with Crippen molar-refractivity contribution in [2.75, 3.05) is 5.32 Å². The lowest BCUT2D eigenvalue weighted by atomic mass is 9.73. The SMILES string of the molecule is CC1(C)CC(=O)C2=C(C1)Nc1nc(SCc3ccccc3)nn1[C@H]2c1cccc(Cl)c1. The number of ketones is 1. The van der Waals surface area contributed by atoms with Crippen molar-refractivity contribution >= 4 is 35.1 Å². The van der Waals surface area contributed by atoms with Gasteiger partial charge in [-0.05, 0) is 35.1 Å². The number of carbonyl (C=O) groups is 1. The molecular weight excluding hydrogens is 428 g/mol. The average Bonchev–Trinajstić information content (AvgIpc) is 3.13. The van der Waals surface area contributed by atoms with E-state index in [4.69, 9.17) is 21.7 Å². The third-order valence-corrected chi connectivity index (χ3v) is 6.83. The van der Waals surface area contributed by atoms with Crippen molar-refractivity contribution in [2.45, 2.75) is 43.6 Å². The molecule has 0 radical (unpaired) electrons. The average molecular weight is 451 g/mol. The zero-order valence-corrected chi connectivity index (χ0v) is 19.0. The molecule has 2 heterocycles. The number of carbonyl (C=O) groups excluding carboxylic acids is 1. The summed E-state index contributed by atoms with van der Waals surface area (Å²) >= 11 is 7.89. The minimum absolute atomic E-state index is 0.0884. The first-order valence-corrected chi connectivity index (χ1v) is 11.7. The lowest BCUT2D eigenvalue weighted by Gasteiger charge is -2.38. The van der Waals surface area contributed by atoms with Gasteiger partial charge >= 0.3 is 0 Å². The van der Waals surface area contributed by atoms with Crippen LogP contribution in [-0.2, 0) is 10.5 Å². The van der Waals surface area contributed by atoms with Crippen molar-refractivity contribution in [1.82, 2.24) is 14.8 Å². The van der Waals surface area contributed by atoms with Gasteiger partial charge in [0.25, 0.3) is 0 Å². The number of hydrogen-bond acceptors (Lipinski definition) is 5. The van der Waals surface area contributed by atoms with Crippen LogP contribution in [0.3, 0.4) is 0 Å². The summed E-state index contributed by atoms with van der Waals surface area (Å²) in [6.07, 6.45) is 1.31. The van der Waals surface area contributed by atoms with Gasteiger partial charge in [-0.2, -0.15) is 4.98 Å². The van der Waals surface area contributed by atoms with Gasteiger partial charge in [0.15, 0.2) is 5.78 Å². The van der Waals surface area contributed by atoms with Gasteiger partial charge in [-0.1, -0.05) is 79.7 Å². The molecule has 2 aliphatic rings. The number of hydrogen-bond donors (Lipinski definition) is 1. The van der Waals surface area contributed by atoms with Gasteiger partial charge in [0, 0.05) is 28.5 Å². The Balaban J connectivity index is 1.55. The summed E-state index contributed by atoms with van der Waals surface area (Å²) < 4.78 is 1.84. The summed E-state index contributed by atoms with van der Waals surface area (Å²) in [6.45, 7) is 4.26. The number of nitrogens with zero attached hydrogens (tertiary/aromatic N) is 3. The number of thioether (sulfide) groups is 1. The first-order valence-electron chi connectivity index (χ1n) is 10.3. The normalized spacial score (nSPS) is 19.6. The number of nitrogens with one attached hydrogen (secondary N) is 1. The molecular formula is C24H23ClN4OS. The van der Waals surface area contributed by atoms with E-state index in [1.807, 2.05) is 47.1 Å². The van der Waals surface area contributed by atoms with E-state index in [2.05, 4.69) is 31.3 Å². The van der Waals surface area contributed by atoms with Crippen LogP contribution < -0.4 is 5.32 Å². The molecule has 3 aromatic rings. The highest BCUT2D eigenvalue weighted by Gasteiger charge is 2.41. The molecule has 0 fully saturated rings. The first kappa shape index (κ1) is 20.3. The molecule has 0 amide bonds. The maximum absolute atomic E-state index is 13.2. The molecule has 158 valence electrons. The van der Waals surface area contributed by atoms with Gasteiger partial charge in [0.2, 0.25) is 11.1 Å². The molecule has 1 aliphatic heterocycles. The second kappa shape index (κ2) is 7.84. The Bertz CT molecular complexity index is 1190. The Morgan fingerprint density at radius 1 is 1.16 bits per heavy atom. The number of halogens is 1. The van der Waals surface area contributed by atoms with E-state index in [-0.39, 0.29) is 17.2 Å². The van der Waals surface area contributed by atoms with Gasteiger partial charge in [0.1, 0.15) is 6.04 Å². The van der Waals surface area contributed by atoms with E-state index in [0.29, 0.717) is 22.5 Å². The van der Waals surface area contributed by atoms with Gasteiger partial charge < -0.3 is 5.32 Å².